The zero-order chi connectivity index (χ0) is 19.7. The number of rotatable bonds is 4. The number of benzene rings is 2. The Kier molecular flexibility index (Phi) is 4.93. The number of thiazole rings is 1. The van der Waals surface area contributed by atoms with Crippen molar-refractivity contribution in [3.63, 3.8) is 0 Å². The summed E-state index contributed by atoms with van der Waals surface area (Å²) in [5, 5.41) is 8.24. The Bertz CT molecular complexity index is 1170. The van der Waals surface area contributed by atoms with Gasteiger partial charge in [0.1, 0.15) is 9.88 Å². The van der Waals surface area contributed by atoms with E-state index in [1.807, 2.05) is 43.3 Å². The molecule has 0 spiro atoms. The second kappa shape index (κ2) is 7.53. The van der Waals surface area contributed by atoms with Gasteiger partial charge in [0, 0.05) is 23.1 Å². The first-order valence-electron chi connectivity index (χ1n) is 8.45. The molecule has 0 saturated heterocycles. The maximum Gasteiger partial charge on any atom is 0.267 e. The predicted octanol–water partition coefficient (Wildman–Crippen LogP) is 5.38. The Morgan fingerprint density at radius 2 is 1.93 bits per heavy atom. The molecular formula is C20H15ClN4O2S. The fourth-order valence-electron chi connectivity index (χ4n) is 2.73. The van der Waals surface area contributed by atoms with Crippen LogP contribution in [-0.2, 0) is 0 Å². The highest BCUT2D eigenvalue weighted by Crippen LogP contribution is 2.31. The molecule has 28 heavy (non-hydrogen) atoms. The van der Waals surface area contributed by atoms with Crippen LogP contribution in [0, 0.1) is 13.8 Å². The van der Waals surface area contributed by atoms with Gasteiger partial charge in [-0.05, 0) is 31.2 Å². The van der Waals surface area contributed by atoms with E-state index in [4.69, 9.17) is 16.1 Å². The first-order chi connectivity index (χ1) is 13.5. The quantitative estimate of drug-likeness (QED) is 0.488. The van der Waals surface area contributed by atoms with Crippen LogP contribution in [0.15, 0.2) is 53.1 Å². The zero-order valence-electron chi connectivity index (χ0n) is 15.1. The molecule has 0 atom stereocenters. The number of halogens is 1. The topological polar surface area (TPSA) is 80.9 Å². The second-order valence-corrected chi connectivity index (χ2v) is 7.52. The van der Waals surface area contributed by atoms with E-state index in [1.54, 1.807) is 19.1 Å². The highest BCUT2D eigenvalue weighted by Gasteiger charge is 2.19. The van der Waals surface area contributed by atoms with Crippen LogP contribution < -0.4 is 5.32 Å². The van der Waals surface area contributed by atoms with Gasteiger partial charge in [-0.25, -0.2) is 4.98 Å². The number of amides is 1. The molecule has 0 saturated carbocycles. The second-order valence-electron chi connectivity index (χ2n) is 6.08. The summed E-state index contributed by atoms with van der Waals surface area (Å²) in [7, 11) is 0. The summed E-state index contributed by atoms with van der Waals surface area (Å²) in [5.74, 6) is 0.644. The molecule has 0 bridgehead atoms. The van der Waals surface area contributed by atoms with E-state index < -0.39 is 0 Å². The first-order valence-corrected chi connectivity index (χ1v) is 9.65. The average molecular weight is 411 g/mol. The van der Waals surface area contributed by atoms with Crippen molar-refractivity contribution in [2.75, 3.05) is 5.32 Å². The number of para-hydroxylation sites is 1. The molecule has 1 N–H and O–H groups in total. The van der Waals surface area contributed by atoms with Gasteiger partial charge >= 0.3 is 0 Å². The number of anilines is 1. The Morgan fingerprint density at radius 1 is 1.11 bits per heavy atom. The van der Waals surface area contributed by atoms with Crippen LogP contribution in [-0.4, -0.2) is 21.0 Å². The van der Waals surface area contributed by atoms with E-state index in [0.29, 0.717) is 38.6 Å². The van der Waals surface area contributed by atoms with E-state index in [2.05, 4.69) is 20.4 Å². The van der Waals surface area contributed by atoms with Gasteiger partial charge < -0.3 is 9.84 Å². The van der Waals surface area contributed by atoms with Crippen LogP contribution in [0.25, 0.3) is 22.0 Å². The molecular weight excluding hydrogens is 396 g/mol. The molecule has 2 heterocycles. The van der Waals surface area contributed by atoms with Gasteiger partial charge in [-0.3, -0.25) is 4.79 Å². The molecule has 4 rings (SSSR count). The Hall–Kier alpha value is -3.03. The van der Waals surface area contributed by atoms with E-state index in [-0.39, 0.29) is 5.91 Å². The number of nitrogens with one attached hydrogen (secondary N) is 1. The van der Waals surface area contributed by atoms with E-state index >= 15 is 0 Å². The highest BCUT2D eigenvalue weighted by atomic mass is 35.5. The van der Waals surface area contributed by atoms with Gasteiger partial charge in [-0.1, -0.05) is 41.0 Å². The van der Waals surface area contributed by atoms with Crippen molar-refractivity contribution in [1.29, 1.82) is 0 Å². The fourth-order valence-corrected chi connectivity index (χ4v) is 3.88. The largest absolute Gasteiger partial charge is 0.339 e. The summed E-state index contributed by atoms with van der Waals surface area (Å²) in [4.78, 5) is 22.2. The molecule has 2 aromatic carbocycles. The lowest BCUT2D eigenvalue weighted by atomic mass is 10.1. The number of aryl methyl sites for hydroxylation is 2. The summed E-state index contributed by atoms with van der Waals surface area (Å²) < 4.78 is 5.05. The van der Waals surface area contributed by atoms with E-state index in [0.717, 1.165) is 10.6 Å². The Morgan fingerprint density at radius 3 is 2.68 bits per heavy atom. The van der Waals surface area contributed by atoms with Crippen LogP contribution >= 0.6 is 22.9 Å². The average Bonchev–Trinajstić information content (AvgIpc) is 3.28. The zero-order valence-corrected chi connectivity index (χ0v) is 16.6. The van der Waals surface area contributed by atoms with Gasteiger partial charge in [-0.15, -0.1) is 11.3 Å². The Balaban J connectivity index is 1.64. The van der Waals surface area contributed by atoms with Gasteiger partial charge in [0.25, 0.3) is 5.91 Å². The standard InChI is InChI=1S/C20H15ClN4O2S/c1-11-17(28-20(22-11)13-6-5-7-14(21)10-13)19(26)24-16-9-4-3-8-15(16)18-23-12(2)27-25-18/h3-10H,1-2H3,(H,24,26). The lowest BCUT2D eigenvalue weighted by Crippen LogP contribution is -2.12. The van der Waals surface area contributed by atoms with Gasteiger partial charge in [0.15, 0.2) is 0 Å². The number of hydrogen-bond acceptors (Lipinski definition) is 6. The smallest absolute Gasteiger partial charge is 0.267 e. The minimum atomic E-state index is -0.240. The summed E-state index contributed by atoms with van der Waals surface area (Å²) in [6, 6.07) is 14.7. The van der Waals surface area contributed by atoms with Crippen LogP contribution in [0.2, 0.25) is 5.02 Å². The van der Waals surface area contributed by atoms with Crippen molar-refractivity contribution >= 4 is 34.5 Å². The minimum absolute atomic E-state index is 0.240. The molecule has 140 valence electrons. The normalized spacial score (nSPS) is 10.8. The van der Waals surface area contributed by atoms with Crippen molar-refractivity contribution in [2.45, 2.75) is 13.8 Å². The molecule has 0 aliphatic carbocycles. The van der Waals surface area contributed by atoms with Crippen molar-refractivity contribution in [3.8, 4) is 22.0 Å². The predicted molar refractivity (Wildman–Crippen MR) is 110 cm³/mol. The summed E-state index contributed by atoms with van der Waals surface area (Å²) in [6.07, 6.45) is 0. The number of carbonyl (C=O) groups is 1. The number of hydrogen-bond donors (Lipinski definition) is 1. The SMILES string of the molecule is Cc1nc(-c2ccccc2NC(=O)c2sc(-c3cccc(Cl)c3)nc2C)no1. The highest BCUT2D eigenvalue weighted by molar-refractivity contribution is 7.17. The van der Waals surface area contributed by atoms with Crippen molar-refractivity contribution in [1.82, 2.24) is 15.1 Å². The minimum Gasteiger partial charge on any atom is -0.339 e. The van der Waals surface area contributed by atoms with E-state index in [9.17, 15) is 4.79 Å². The maximum atomic E-state index is 12.9. The molecule has 0 radical (unpaired) electrons. The summed E-state index contributed by atoms with van der Waals surface area (Å²) in [5.41, 5.74) is 2.82. The molecule has 6 nitrogen and oxygen atoms in total. The van der Waals surface area contributed by atoms with Crippen molar-refractivity contribution < 1.29 is 9.32 Å². The Labute approximate surface area is 170 Å². The number of carbonyl (C=O) groups excluding carboxylic acids is 1. The molecule has 0 fully saturated rings. The van der Waals surface area contributed by atoms with Crippen molar-refractivity contribution in [2.24, 2.45) is 0 Å². The summed E-state index contributed by atoms with van der Waals surface area (Å²) in [6.45, 7) is 3.53. The van der Waals surface area contributed by atoms with E-state index in [1.165, 1.54) is 11.3 Å². The number of nitrogens with zero attached hydrogens (tertiary/aromatic N) is 3. The third kappa shape index (κ3) is 3.67. The lowest BCUT2D eigenvalue weighted by Gasteiger charge is -2.07. The van der Waals surface area contributed by atoms with Gasteiger partial charge in [-0.2, -0.15) is 4.98 Å². The fraction of sp³-hybridized carbons (Fsp3) is 0.100. The number of aromatic nitrogens is 3. The van der Waals surface area contributed by atoms with Crippen LogP contribution in [0.5, 0.6) is 0 Å². The van der Waals surface area contributed by atoms with Gasteiger partial charge in [0.05, 0.1) is 11.4 Å². The molecule has 0 aliphatic rings. The molecule has 0 aliphatic heterocycles. The lowest BCUT2D eigenvalue weighted by molar-refractivity contribution is 0.103. The summed E-state index contributed by atoms with van der Waals surface area (Å²) >= 11 is 7.39. The monoisotopic (exact) mass is 410 g/mol. The van der Waals surface area contributed by atoms with Crippen LogP contribution in [0.3, 0.4) is 0 Å². The molecule has 8 heteroatoms. The molecule has 2 aromatic heterocycles. The molecule has 1 amide bonds. The van der Waals surface area contributed by atoms with Crippen LogP contribution in [0.4, 0.5) is 5.69 Å². The van der Waals surface area contributed by atoms with Crippen molar-refractivity contribution in [3.05, 3.63) is 70.0 Å². The first kappa shape index (κ1) is 18.3. The molecule has 4 aromatic rings. The van der Waals surface area contributed by atoms with Crippen LogP contribution in [0.1, 0.15) is 21.3 Å². The molecule has 0 unspecified atom stereocenters. The van der Waals surface area contributed by atoms with Gasteiger partial charge in [0.2, 0.25) is 11.7 Å². The third-order valence-electron chi connectivity index (χ3n) is 4.02. The maximum absolute atomic E-state index is 12.9. The third-order valence-corrected chi connectivity index (χ3v) is 5.46.